The number of hydrogen-bond acceptors (Lipinski definition) is 6. The molecule has 0 aromatic heterocycles. The predicted molar refractivity (Wildman–Crippen MR) is 122 cm³/mol. The smallest absolute Gasteiger partial charge is 0.410 e. The monoisotopic (exact) mass is 427 g/mol. The summed E-state index contributed by atoms with van der Waals surface area (Å²) in [5.74, 6) is 1.71. The molecule has 168 valence electrons. The van der Waals surface area contributed by atoms with Crippen molar-refractivity contribution in [2.45, 2.75) is 45.3 Å². The lowest BCUT2D eigenvalue weighted by molar-refractivity contribution is -0.00775. The fourth-order valence-corrected chi connectivity index (χ4v) is 3.49. The van der Waals surface area contributed by atoms with Crippen molar-refractivity contribution in [2.24, 2.45) is 5.92 Å². The zero-order chi connectivity index (χ0) is 22.4. The SMILES string of the molecule is CC(C)(C)OC(=O)N1CC(COc2ccc(N)cc2)CCC1COc1ccc(N)cc1. The van der Waals surface area contributed by atoms with Gasteiger partial charge in [0.25, 0.3) is 0 Å². The summed E-state index contributed by atoms with van der Waals surface area (Å²) in [4.78, 5) is 14.7. The first-order valence-corrected chi connectivity index (χ1v) is 10.7. The van der Waals surface area contributed by atoms with Gasteiger partial charge in [0.2, 0.25) is 0 Å². The zero-order valence-corrected chi connectivity index (χ0v) is 18.5. The number of piperidine rings is 1. The minimum Gasteiger partial charge on any atom is -0.493 e. The van der Waals surface area contributed by atoms with E-state index in [4.69, 9.17) is 25.7 Å². The van der Waals surface area contributed by atoms with Crippen LogP contribution in [0.25, 0.3) is 0 Å². The first-order chi connectivity index (χ1) is 14.7. The fraction of sp³-hybridized carbons (Fsp3) is 0.458. The summed E-state index contributed by atoms with van der Waals surface area (Å²) in [6, 6.07) is 14.5. The Balaban J connectivity index is 1.62. The Morgan fingerprint density at radius 3 is 1.94 bits per heavy atom. The van der Waals surface area contributed by atoms with E-state index in [0.29, 0.717) is 31.1 Å². The van der Waals surface area contributed by atoms with Gasteiger partial charge in [0.05, 0.1) is 12.6 Å². The number of carbonyl (C=O) groups is 1. The molecule has 1 aliphatic heterocycles. The van der Waals surface area contributed by atoms with Gasteiger partial charge in [-0.3, -0.25) is 0 Å². The van der Waals surface area contributed by atoms with Gasteiger partial charge in [-0.05, 0) is 82.1 Å². The highest BCUT2D eigenvalue weighted by atomic mass is 16.6. The molecule has 0 bridgehead atoms. The van der Waals surface area contributed by atoms with E-state index in [1.165, 1.54) is 0 Å². The summed E-state index contributed by atoms with van der Waals surface area (Å²) in [7, 11) is 0. The number of amides is 1. The molecule has 0 saturated carbocycles. The molecule has 3 rings (SSSR count). The second-order valence-electron chi connectivity index (χ2n) is 8.99. The number of rotatable bonds is 6. The molecule has 0 radical (unpaired) electrons. The van der Waals surface area contributed by atoms with E-state index in [1.54, 1.807) is 17.0 Å². The maximum atomic E-state index is 12.9. The summed E-state index contributed by atoms with van der Waals surface area (Å²) in [6.45, 7) is 7.09. The van der Waals surface area contributed by atoms with Crippen LogP contribution in [0.5, 0.6) is 11.5 Å². The second-order valence-corrected chi connectivity index (χ2v) is 8.99. The Labute approximate surface area is 184 Å². The van der Waals surface area contributed by atoms with Crippen LogP contribution < -0.4 is 20.9 Å². The molecular formula is C24H33N3O4. The fourth-order valence-electron chi connectivity index (χ4n) is 3.49. The molecule has 2 aromatic rings. The van der Waals surface area contributed by atoms with E-state index >= 15 is 0 Å². The lowest BCUT2D eigenvalue weighted by Crippen LogP contribution is -2.51. The van der Waals surface area contributed by atoms with E-state index in [9.17, 15) is 4.79 Å². The molecule has 2 unspecified atom stereocenters. The van der Waals surface area contributed by atoms with Crippen LogP contribution in [-0.4, -0.2) is 42.4 Å². The quantitative estimate of drug-likeness (QED) is 0.666. The minimum absolute atomic E-state index is 0.0693. The lowest BCUT2D eigenvalue weighted by Gasteiger charge is -2.39. The normalized spacial score (nSPS) is 19.0. The Hall–Kier alpha value is -3.09. The third kappa shape index (κ3) is 6.98. The van der Waals surface area contributed by atoms with Gasteiger partial charge in [-0.25, -0.2) is 4.79 Å². The number of benzene rings is 2. The number of carbonyl (C=O) groups excluding carboxylic acids is 1. The predicted octanol–water partition coefficient (Wildman–Crippen LogP) is 4.32. The Morgan fingerprint density at radius 2 is 1.42 bits per heavy atom. The molecule has 2 atom stereocenters. The molecule has 1 saturated heterocycles. The van der Waals surface area contributed by atoms with Gasteiger partial charge in [0.1, 0.15) is 23.7 Å². The van der Waals surface area contributed by atoms with Crippen molar-refractivity contribution in [3.05, 3.63) is 48.5 Å². The maximum absolute atomic E-state index is 12.9. The Bertz CT molecular complexity index is 847. The Morgan fingerprint density at radius 1 is 0.903 bits per heavy atom. The lowest BCUT2D eigenvalue weighted by atomic mass is 9.94. The topological polar surface area (TPSA) is 100 Å². The molecule has 2 aromatic carbocycles. The van der Waals surface area contributed by atoms with Crippen LogP contribution in [0.1, 0.15) is 33.6 Å². The first-order valence-electron chi connectivity index (χ1n) is 10.7. The van der Waals surface area contributed by atoms with Crippen molar-refractivity contribution < 1.29 is 19.0 Å². The van der Waals surface area contributed by atoms with Gasteiger partial charge >= 0.3 is 6.09 Å². The number of nitrogens with two attached hydrogens (primary N) is 2. The van der Waals surface area contributed by atoms with Crippen LogP contribution in [0.15, 0.2) is 48.5 Å². The number of ether oxygens (including phenoxy) is 3. The average molecular weight is 428 g/mol. The highest BCUT2D eigenvalue weighted by molar-refractivity contribution is 5.68. The van der Waals surface area contributed by atoms with Gasteiger partial charge in [-0.2, -0.15) is 0 Å². The molecule has 1 aliphatic rings. The van der Waals surface area contributed by atoms with Crippen molar-refractivity contribution >= 4 is 17.5 Å². The number of nitrogen functional groups attached to an aromatic ring is 2. The molecule has 7 nitrogen and oxygen atoms in total. The van der Waals surface area contributed by atoms with Gasteiger partial charge in [-0.1, -0.05) is 0 Å². The summed E-state index contributed by atoms with van der Waals surface area (Å²) in [5, 5.41) is 0. The van der Waals surface area contributed by atoms with E-state index < -0.39 is 5.60 Å². The van der Waals surface area contributed by atoms with E-state index in [-0.39, 0.29) is 18.1 Å². The summed E-state index contributed by atoms with van der Waals surface area (Å²) in [6.07, 6.45) is 1.42. The zero-order valence-electron chi connectivity index (χ0n) is 18.5. The van der Waals surface area contributed by atoms with Crippen LogP contribution in [-0.2, 0) is 4.74 Å². The average Bonchev–Trinajstić information content (AvgIpc) is 2.72. The summed E-state index contributed by atoms with van der Waals surface area (Å²) in [5.41, 5.74) is 12.3. The highest BCUT2D eigenvalue weighted by Crippen LogP contribution is 2.26. The second kappa shape index (κ2) is 9.81. The van der Waals surface area contributed by atoms with Gasteiger partial charge in [0, 0.05) is 23.8 Å². The summed E-state index contributed by atoms with van der Waals surface area (Å²) >= 11 is 0. The molecule has 1 heterocycles. The van der Waals surface area contributed by atoms with Gasteiger partial charge < -0.3 is 30.6 Å². The van der Waals surface area contributed by atoms with Gasteiger partial charge in [0.15, 0.2) is 0 Å². The standard InChI is InChI=1S/C24H33N3O4/c1-24(2,3)31-23(28)27-14-17(15-29-21-10-5-18(25)6-11-21)4-9-20(27)16-30-22-12-7-19(26)8-13-22/h5-8,10-13,17,20H,4,9,14-16,25-26H2,1-3H3. The summed E-state index contributed by atoms with van der Waals surface area (Å²) < 4.78 is 17.5. The molecule has 31 heavy (non-hydrogen) atoms. The largest absolute Gasteiger partial charge is 0.493 e. The van der Waals surface area contributed by atoms with Crippen LogP contribution in [0.4, 0.5) is 16.2 Å². The number of likely N-dealkylation sites (tertiary alicyclic amines) is 1. The molecule has 0 aliphatic carbocycles. The molecular weight excluding hydrogens is 394 g/mol. The minimum atomic E-state index is -0.563. The third-order valence-corrected chi connectivity index (χ3v) is 5.12. The van der Waals surface area contributed by atoms with E-state index in [1.807, 2.05) is 57.2 Å². The molecule has 7 heteroatoms. The number of hydrogen-bond donors (Lipinski definition) is 2. The van der Waals surface area contributed by atoms with Crippen molar-refractivity contribution in [3.63, 3.8) is 0 Å². The number of anilines is 2. The Kier molecular flexibility index (Phi) is 7.15. The van der Waals surface area contributed by atoms with Gasteiger partial charge in [-0.15, -0.1) is 0 Å². The molecule has 1 fully saturated rings. The molecule has 4 N–H and O–H groups in total. The van der Waals surface area contributed by atoms with Crippen LogP contribution >= 0.6 is 0 Å². The highest BCUT2D eigenvalue weighted by Gasteiger charge is 2.35. The van der Waals surface area contributed by atoms with Crippen LogP contribution in [0.2, 0.25) is 0 Å². The van der Waals surface area contributed by atoms with E-state index in [2.05, 4.69) is 0 Å². The van der Waals surface area contributed by atoms with Crippen molar-refractivity contribution in [1.82, 2.24) is 4.90 Å². The first kappa shape index (κ1) is 22.6. The third-order valence-electron chi connectivity index (χ3n) is 5.12. The van der Waals surface area contributed by atoms with Crippen molar-refractivity contribution in [2.75, 3.05) is 31.2 Å². The number of nitrogens with zero attached hydrogens (tertiary/aromatic N) is 1. The van der Waals surface area contributed by atoms with Crippen LogP contribution in [0.3, 0.4) is 0 Å². The van der Waals surface area contributed by atoms with Crippen molar-refractivity contribution in [3.8, 4) is 11.5 Å². The van der Waals surface area contributed by atoms with Crippen LogP contribution in [0, 0.1) is 5.92 Å². The molecule has 1 amide bonds. The molecule has 0 spiro atoms. The van der Waals surface area contributed by atoms with Crippen molar-refractivity contribution in [1.29, 1.82) is 0 Å². The van der Waals surface area contributed by atoms with E-state index in [0.717, 1.165) is 24.3 Å². The maximum Gasteiger partial charge on any atom is 0.410 e.